The Bertz CT molecular complexity index is 309. The van der Waals surface area contributed by atoms with Gasteiger partial charge in [0.2, 0.25) is 0 Å². The van der Waals surface area contributed by atoms with Crippen LogP contribution >= 0.6 is 0 Å². The lowest BCUT2D eigenvalue weighted by atomic mass is 10.3. The van der Waals surface area contributed by atoms with Gasteiger partial charge in [-0.3, -0.25) is 0 Å². The van der Waals surface area contributed by atoms with E-state index in [1.165, 1.54) is 0 Å². The lowest BCUT2D eigenvalue weighted by Gasteiger charge is -2.19. The average Bonchev–Trinajstić information content (AvgIpc) is 2.04. The number of nitrogens with one attached hydrogen (secondary N) is 2. The quantitative estimate of drug-likeness (QED) is 0.512. The van der Waals surface area contributed by atoms with Crippen LogP contribution in [-0.2, 0) is 0 Å². The van der Waals surface area contributed by atoms with Crippen molar-refractivity contribution in [3.05, 3.63) is 5.82 Å². The summed E-state index contributed by atoms with van der Waals surface area (Å²) >= 11 is 0. The van der Waals surface area contributed by atoms with Crippen molar-refractivity contribution in [2.45, 2.75) is 6.92 Å². The molecule has 64 valence electrons. The molecule has 0 radical (unpaired) electrons. The summed E-state index contributed by atoms with van der Waals surface area (Å²) in [5.41, 5.74) is 6.51. The lowest BCUT2D eigenvalue weighted by molar-refractivity contribution is 0.975. The maximum Gasteiger partial charge on any atom is 0.155 e. The highest BCUT2D eigenvalue weighted by Crippen LogP contribution is 2.26. The fourth-order valence-corrected chi connectivity index (χ4v) is 1.26. The molecule has 4 N–H and O–H groups in total. The van der Waals surface area contributed by atoms with E-state index in [4.69, 9.17) is 5.73 Å². The predicted molar refractivity (Wildman–Crippen MR) is 48.2 cm³/mol. The van der Waals surface area contributed by atoms with E-state index in [1.54, 1.807) is 0 Å². The number of rotatable bonds is 0. The van der Waals surface area contributed by atoms with E-state index in [9.17, 15) is 0 Å². The number of nitrogen functional groups attached to an aromatic ring is 1. The van der Waals surface area contributed by atoms with Gasteiger partial charge in [-0.25, -0.2) is 9.97 Å². The standard InChI is InChI=1S/C7H11N5/c1-4-11-6(8)5-7(12-4)10-3-2-9-5/h9H,2-3H2,1H3,(H3,8,10,11,12). The topological polar surface area (TPSA) is 75.9 Å². The van der Waals surface area contributed by atoms with Crippen molar-refractivity contribution in [2.24, 2.45) is 0 Å². The van der Waals surface area contributed by atoms with Crippen LogP contribution in [0.15, 0.2) is 0 Å². The summed E-state index contributed by atoms with van der Waals surface area (Å²) in [6.07, 6.45) is 0. The number of fused-ring (bicyclic) bond motifs is 1. The van der Waals surface area contributed by atoms with E-state index in [2.05, 4.69) is 20.6 Å². The maximum atomic E-state index is 5.69. The molecule has 0 bridgehead atoms. The van der Waals surface area contributed by atoms with Crippen LogP contribution in [0, 0.1) is 6.92 Å². The summed E-state index contributed by atoms with van der Waals surface area (Å²) in [4.78, 5) is 8.26. The third kappa shape index (κ3) is 1.03. The van der Waals surface area contributed by atoms with Crippen molar-refractivity contribution < 1.29 is 0 Å². The third-order valence-electron chi connectivity index (χ3n) is 1.77. The van der Waals surface area contributed by atoms with Crippen LogP contribution in [0.25, 0.3) is 0 Å². The Labute approximate surface area is 70.4 Å². The van der Waals surface area contributed by atoms with Crippen LogP contribution in [0.4, 0.5) is 17.3 Å². The summed E-state index contributed by atoms with van der Waals surface area (Å²) in [6.45, 7) is 3.57. The first kappa shape index (κ1) is 7.15. The second-order valence-corrected chi connectivity index (χ2v) is 2.73. The summed E-state index contributed by atoms with van der Waals surface area (Å²) in [5.74, 6) is 2.03. The zero-order chi connectivity index (χ0) is 8.55. The van der Waals surface area contributed by atoms with Gasteiger partial charge in [0, 0.05) is 13.1 Å². The molecule has 0 spiro atoms. The number of aromatic nitrogens is 2. The zero-order valence-corrected chi connectivity index (χ0v) is 6.89. The van der Waals surface area contributed by atoms with E-state index >= 15 is 0 Å². The number of aryl methyl sites for hydroxylation is 1. The van der Waals surface area contributed by atoms with Crippen LogP contribution in [0.3, 0.4) is 0 Å². The van der Waals surface area contributed by atoms with Crippen molar-refractivity contribution in [1.29, 1.82) is 0 Å². The summed E-state index contributed by atoms with van der Waals surface area (Å²) in [5, 5.41) is 6.30. The van der Waals surface area contributed by atoms with E-state index in [-0.39, 0.29) is 0 Å². The van der Waals surface area contributed by atoms with Gasteiger partial charge in [0.25, 0.3) is 0 Å². The maximum absolute atomic E-state index is 5.69. The minimum atomic E-state index is 0.518. The Kier molecular flexibility index (Phi) is 1.49. The fraction of sp³-hybridized carbons (Fsp3) is 0.429. The minimum absolute atomic E-state index is 0.518. The molecule has 0 aromatic carbocycles. The molecule has 0 saturated carbocycles. The van der Waals surface area contributed by atoms with Crippen LogP contribution in [0.2, 0.25) is 0 Å². The number of anilines is 3. The Morgan fingerprint density at radius 1 is 1.25 bits per heavy atom. The normalized spacial score (nSPS) is 14.4. The van der Waals surface area contributed by atoms with Gasteiger partial charge >= 0.3 is 0 Å². The third-order valence-corrected chi connectivity index (χ3v) is 1.77. The molecule has 12 heavy (non-hydrogen) atoms. The van der Waals surface area contributed by atoms with Crippen LogP contribution in [0.1, 0.15) is 5.82 Å². The van der Waals surface area contributed by atoms with Gasteiger partial charge in [0.1, 0.15) is 11.5 Å². The number of hydrogen-bond donors (Lipinski definition) is 3. The van der Waals surface area contributed by atoms with Gasteiger partial charge in [0.05, 0.1) is 0 Å². The average molecular weight is 165 g/mol. The second kappa shape index (κ2) is 2.51. The van der Waals surface area contributed by atoms with Crippen molar-refractivity contribution in [2.75, 3.05) is 29.5 Å². The fourth-order valence-electron chi connectivity index (χ4n) is 1.26. The highest BCUT2D eigenvalue weighted by Gasteiger charge is 2.13. The molecule has 2 rings (SSSR count). The Morgan fingerprint density at radius 3 is 2.83 bits per heavy atom. The van der Waals surface area contributed by atoms with E-state index < -0.39 is 0 Å². The highest BCUT2D eigenvalue weighted by molar-refractivity contribution is 5.76. The molecule has 5 heteroatoms. The first-order valence-electron chi connectivity index (χ1n) is 3.89. The summed E-state index contributed by atoms with van der Waals surface area (Å²) < 4.78 is 0. The number of hydrogen-bond acceptors (Lipinski definition) is 5. The SMILES string of the molecule is Cc1nc(N)c2c(n1)NCCN2. The van der Waals surface area contributed by atoms with Gasteiger partial charge < -0.3 is 16.4 Å². The summed E-state index contributed by atoms with van der Waals surface area (Å²) in [6, 6.07) is 0. The van der Waals surface area contributed by atoms with Crippen molar-refractivity contribution in [3.8, 4) is 0 Å². The Morgan fingerprint density at radius 2 is 2.00 bits per heavy atom. The molecule has 0 aliphatic carbocycles. The van der Waals surface area contributed by atoms with Crippen molar-refractivity contribution in [1.82, 2.24) is 9.97 Å². The molecule has 1 aliphatic rings. The molecule has 2 heterocycles. The largest absolute Gasteiger partial charge is 0.382 e. The highest BCUT2D eigenvalue weighted by atomic mass is 15.1. The first-order valence-corrected chi connectivity index (χ1v) is 3.89. The predicted octanol–water partition coefficient (Wildman–Crippen LogP) is 0.205. The number of nitrogens with two attached hydrogens (primary N) is 1. The smallest absolute Gasteiger partial charge is 0.155 e. The Hall–Kier alpha value is -1.52. The van der Waals surface area contributed by atoms with Crippen LogP contribution in [0.5, 0.6) is 0 Å². The van der Waals surface area contributed by atoms with Gasteiger partial charge in [-0.2, -0.15) is 0 Å². The molecule has 0 amide bonds. The van der Waals surface area contributed by atoms with Crippen LogP contribution in [-0.4, -0.2) is 23.1 Å². The van der Waals surface area contributed by atoms with E-state index in [1.807, 2.05) is 6.92 Å². The monoisotopic (exact) mass is 165 g/mol. The molecular formula is C7H11N5. The number of nitrogens with zero attached hydrogens (tertiary/aromatic N) is 2. The lowest BCUT2D eigenvalue weighted by Crippen LogP contribution is -2.23. The van der Waals surface area contributed by atoms with Gasteiger partial charge in [-0.15, -0.1) is 0 Å². The molecule has 1 aromatic rings. The van der Waals surface area contributed by atoms with E-state index in [0.717, 1.165) is 24.6 Å². The van der Waals surface area contributed by atoms with Gasteiger partial charge in [-0.1, -0.05) is 0 Å². The molecule has 1 aromatic heterocycles. The second-order valence-electron chi connectivity index (χ2n) is 2.73. The van der Waals surface area contributed by atoms with Gasteiger partial charge in [0.15, 0.2) is 11.6 Å². The molecule has 0 saturated heterocycles. The minimum Gasteiger partial charge on any atom is -0.382 e. The van der Waals surface area contributed by atoms with E-state index in [0.29, 0.717) is 11.6 Å². The zero-order valence-electron chi connectivity index (χ0n) is 6.89. The summed E-state index contributed by atoms with van der Waals surface area (Å²) in [7, 11) is 0. The van der Waals surface area contributed by atoms with Crippen molar-refractivity contribution >= 4 is 17.3 Å². The molecule has 1 aliphatic heterocycles. The molecule has 0 atom stereocenters. The molecule has 0 fully saturated rings. The van der Waals surface area contributed by atoms with Crippen LogP contribution < -0.4 is 16.4 Å². The van der Waals surface area contributed by atoms with Gasteiger partial charge in [-0.05, 0) is 6.92 Å². The molecule has 5 nitrogen and oxygen atoms in total. The van der Waals surface area contributed by atoms with Crippen molar-refractivity contribution in [3.63, 3.8) is 0 Å². The molecule has 0 unspecified atom stereocenters. The Balaban J connectivity index is 2.53. The molecular weight excluding hydrogens is 154 g/mol. The first-order chi connectivity index (χ1) is 5.77.